The van der Waals surface area contributed by atoms with E-state index in [4.69, 9.17) is 0 Å². The van der Waals surface area contributed by atoms with E-state index in [-0.39, 0.29) is 0 Å². The standard InChI is InChI=1S/C14H27N5/c1-3-8-15-11-13-12-19(17-16-13)10-7-14-6-4-5-9-18(14)2/h12,14-15H,3-11H2,1-2H3. The lowest BCUT2D eigenvalue weighted by Gasteiger charge is -2.32. The minimum atomic E-state index is 0.722. The summed E-state index contributed by atoms with van der Waals surface area (Å²) in [6.45, 7) is 6.27. The van der Waals surface area contributed by atoms with Crippen molar-refractivity contribution in [2.75, 3.05) is 20.1 Å². The van der Waals surface area contributed by atoms with Gasteiger partial charge in [-0.15, -0.1) is 5.10 Å². The summed E-state index contributed by atoms with van der Waals surface area (Å²) in [5, 5.41) is 11.8. The van der Waals surface area contributed by atoms with E-state index in [1.54, 1.807) is 0 Å². The van der Waals surface area contributed by atoms with Gasteiger partial charge in [-0.25, -0.2) is 0 Å². The topological polar surface area (TPSA) is 46.0 Å². The second-order valence-corrected chi connectivity index (χ2v) is 5.57. The summed E-state index contributed by atoms with van der Waals surface area (Å²) < 4.78 is 1.99. The first-order valence-electron chi connectivity index (χ1n) is 7.59. The number of nitrogens with zero attached hydrogens (tertiary/aromatic N) is 4. The molecule has 5 heteroatoms. The largest absolute Gasteiger partial charge is 0.311 e. The lowest BCUT2D eigenvalue weighted by atomic mass is 10.0. The van der Waals surface area contributed by atoms with Crippen molar-refractivity contribution in [2.45, 2.75) is 58.2 Å². The highest BCUT2D eigenvalue weighted by molar-refractivity contribution is 4.91. The Kier molecular flexibility index (Phi) is 5.79. The molecule has 2 heterocycles. The van der Waals surface area contributed by atoms with Crippen LogP contribution in [-0.4, -0.2) is 46.1 Å². The summed E-state index contributed by atoms with van der Waals surface area (Å²) in [5.74, 6) is 0. The van der Waals surface area contributed by atoms with Gasteiger partial charge >= 0.3 is 0 Å². The van der Waals surface area contributed by atoms with Gasteiger partial charge in [0.1, 0.15) is 0 Å². The van der Waals surface area contributed by atoms with Gasteiger partial charge in [-0.1, -0.05) is 18.6 Å². The normalized spacial score (nSPS) is 20.8. The van der Waals surface area contributed by atoms with Crippen LogP contribution in [0.1, 0.15) is 44.7 Å². The zero-order chi connectivity index (χ0) is 13.5. The van der Waals surface area contributed by atoms with Crippen LogP contribution in [0.5, 0.6) is 0 Å². The summed E-state index contributed by atoms with van der Waals surface area (Å²) >= 11 is 0. The van der Waals surface area contributed by atoms with E-state index in [0.29, 0.717) is 0 Å². The predicted molar refractivity (Wildman–Crippen MR) is 76.9 cm³/mol. The van der Waals surface area contributed by atoms with Crippen molar-refractivity contribution >= 4 is 0 Å². The Bertz CT molecular complexity index is 362. The van der Waals surface area contributed by atoms with Gasteiger partial charge in [0, 0.05) is 25.3 Å². The highest BCUT2D eigenvalue weighted by atomic mass is 15.4. The molecule has 1 aromatic rings. The third kappa shape index (κ3) is 4.58. The van der Waals surface area contributed by atoms with Crippen molar-refractivity contribution < 1.29 is 0 Å². The molecule has 1 aliphatic rings. The van der Waals surface area contributed by atoms with E-state index in [1.807, 2.05) is 4.68 Å². The quantitative estimate of drug-likeness (QED) is 0.762. The van der Waals surface area contributed by atoms with Gasteiger partial charge in [-0.2, -0.15) is 0 Å². The van der Waals surface area contributed by atoms with Crippen molar-refractivity contribution in [3.8, 4) is 0 Å². The zero-order valence-electron chi connectivity index (χ0n) is 12.3. The fourth-order valence-electron chi connectivity index (χ4n) is 2.71. The van der Waals surface area contributed by atoms with Crippen molar-refractivity contribution in [1.29, 1.82) is 0 Å². The third-order valence-corrected chi connectivity index (χ3v) is 3.93. The minimum absolute atomic E-state index is 0.722. The fourth-order valence-corrected chi connectivity index (χ4v) is 2.71. The van der Waals surface area contributed by atoms with Gasteiger partial charge in [0.05, 0.1) is 5.69 Å². The molecule has 0 spiro atoms. The number of piperidine rings is 1. The number of likely N-dealkylation sites (tertiary alicyclic amines) is 1. The maximum atomic E-state index is 4.21. The third-order valence-electron chi connectivity index (χ3n) is 3.93. The van der Waals surface area contributed by atoms with Crippen molar-refractivity contribution in [2.24, 2.45) is 0 Å². The first kappa shape index (κ1) is 14.5. The van der Waals surface area contributed by atoms with Crippen LogP contribution in [0.2, 0.25) is 0 Å². The lowest BCUT2D eigenvalue weighted by molar-refractivity contribution is 0.169. The van der Waals surface area contributed by atoms with Crippen LogP contribution in [0, 0.1) is 0 Å². The lowest BCUT2D eigenvalue weighted by Crippen LogP contribution is -2.36. The molecule has 1 atom stereocenters. The molecule has 0 bridgehead atoms. The van der Waals surface area contributed by atoms with E-state index in [9.17, 15) is 0 Å². The number of hydrogen-bond donors (Lipinski definition) is 1. The van der Waals surface area contributed by atoms with Gasteiger partial charge in [0.25, 0.3) is 0 Å². The molecule has 1 saturated heterocycles. The summed E-state index contributed by atoms with van der Waals surface area (Å²) in [5.41, 5.74) is 1.05. The molecule has 2 rings (SSSR count). The van der Waals surface area contributed by atoms with Crippen LogP contribution in [0.25, 0.3) is 0 Å². The second-order valence-electron chi connectivity index (χ2n) is 5.57. The Morgan fingerprint density at radius 2 is 2.32 bits per heavy atom. The molecule has 0 aliphatic carbocycles. The summed E-state index contributed by atoms with van der Waals surface area (Å²) in [6.07, 6.45) is 8.47. The second kappa shape index (κ2) is 7.60. The van der Waals surface area contributed by atoms with E-state index >= 15 is 0 Å². The van der Waals surface area contributed by atoms with Crippen LogP contribution in [-0.2, 0) is 13.1 Å². The molecule has 1 N–H and O–H groups in total. The molecule has 0 saturated carbocycles. The monoisotopic (exact) mass is 265 g/mol. The average molecular weight is 265 g/mol. The number of nitrogens with one attached hydrogen (secondary N) is 1. The molecule has 1 aliphatic heterocycles. The highest BCUT2D eigenvalue weighted by Gasteiger charge is 2.18. The number of rotatable bonds is 7. The molecule has 19 heavy (non-hydrogen) atoms. The predicted octanol–water partition coefficient (Wildman–Crippen LogP) is 1.65. The van der Waals surface area contributed by atoms with Gasteiger partial charge in [-0.05, 0) is 45.8 Å². The average Bonchev–Trinajstić information content (AvgIpc) is 2.86. The smallest absolute Gasteiger partial charge is 0.0964 e. The van der Waals surface area contributed by atoms with Gasteiger partial charge < -0.3 is 10.2 Å². The van der Waals surface area contributed by atoms with E-state index in [2.05, 4.69) is 40.7 Å². The Morgan fingerprint density at radius 3 is 3.11 bits per heavy atom. The molecule has 0 amide bonds. The fraction of sp³-hybridized carbons (Fsp3) is 0.857. The number of aryl methyl sites for hydroxylation is 1. The van der Waals surface area contributed by atoms with Crippen LogP contribution in [0.3, 0.4) is 0 Å². The van der Waals surface area contributed by atoms with Crippen molar-refractivity contribution in [1.82, 2.24) is 25.2 Å². The zero-order valence-corrected chi connectivity index (χ0v) is 12.3. The molecule has 5 nitrogen and oxygen atoms in total. The van der Waals surface area contributed by atoms with Crippen molar-refractivity contribution in [3.63, 3.8) is 0 Å². The van der Waals surface area contributed by atoms with Crippen LogP contribution in [0.15, 0.2) is 6.20 Å². The first-order chi connectivity index (χ1) is 9.29. The van der Waals surface area contributed by atoms with E-state index in [1.165, 1.54) is 32.2 Å². The molecule has 0 radical (unpaired) electrons. The van der Waals surface area contributed by atoms with Crippen LogP contribution >= 0.6 is 0 Å². The SMILES string of the molecule is CCCNCc1cn(CCC2CCCCN2C)nn1. The Morgan fingerprint density at radius 1 is 1.42 bits per heavy atom. The Hall–Kier alpha value is -0.940. The molecule has 1 unspecified atom stereocenters. The maximum Gasteiger partial charge on any atom is 0.0964 e. The summed E-state index contributed by atoms with van der Waals surface area (Å²) in [6, 6.07) is 0.722. The maximum absolute atomic E-state index is 4.21. The van der Waals surface area contributed by atoms with Gasteiger partial charge in [0.2, 0.25) is 0 Å². The molecule has 0 aromatic carbocycles. The minimum Gasteiger partial charge on any atom is -0.311 e. The number of hydrogen-bond acceptors (Lipinski definition) is 4. The van der Waals surface area contributed by atoms with E-state index in [0.717, 1.165) is 37.8 Å². The molecule has 108 valence electrons. The summed E-state index contributed by atoms with van der Waals surface area (Å²) in [4.78, 5) is 2.49. The molecule has 1 aromatic heterocycles. The van der Waals surface area contributed by atoms with E-state index < -0.39 is 0 Å². The first-order valence-corrected chi connectivity index (χ1v) is 7.59. The van der Waals surface area contributed by atoms with Crippen LogP contribution < -0.4 is 5.32 Å². The molecular weight excluding hydrogens is 238 g/mol. The summed E-state index contributed by atoms with van der Waals surface area (Å²) in [7, 11) is 2.24. The Balaban J connectivity index is 1.73. The molecule has 1 fully saturated rings. The van der Waals surface area contributed by atoms with Crippen LogP contribution in [0.4, 0.5) is 0 Å². The molecular formula is C14H27N5. The Labute approximate surface area is 116 Å². The van der Waals surface area contributed by atoms with Crippen molar-refractivity contribution in [3.05, 3.63) is 11.9 Å². The highest BCUT2D eigenvalue weighted by Crippen LogP contribution is 2.18. The number of aromatic nitrogens is 3. The van der Waals surface area contributed by atoms with Gasteiger partial charge in [0.15, 0.2) is 0 Å². The van der Waals surface area contributed by atoms with Gasteiger partial charge in [-0.3, -0.25) is 4.68 Å².